The topological polar surface area (TPSA) is 49.8 Å². The maximum Gasteiger partial charge on any atom is 0.135 e. The van der Waals surface area contributed by atoms with Crippen LogP contribution in [0.25, 0.3) is 0 Å². The number of hydrogen-bond acceptors (Lipinski definition) is 5. The SMILES string of the molecule is CCc1nc(NC)c(C)c(NCc2cc(Br)cs2)n1. The molecule has 0 aliphatic heterocycles. The minimum absolute atomic E-state index is 0.778. The summed E-state index contributed by atoms with van der Waals surface area (Å²) in [4.78, 5) is 10.3. The molecule has 2 rings (SSSR count). The fourth-order valence-corrected chi connectivity index (χ4v) is 3.14. The van der Waals surface area contributed by atoms with Crippen LogP contribution < -0.4 is 10.6 Å². The summed E-state index contributed by atoms with van der Waals surface area (Å²) in [6.07, 6.45) is 0.828. The molecule has 0 amide bonds. The van der Waals surface area contributed by atoms with Crippen molar-refractivity contribution in [3.8, 4) is 0 Å². The van der Waals surface area contributed by atoms with Crippen LogP contribution >= 0.6 is 27.3 Å². The standard InChI is InChI=1S/C13H17BrN4S/c1-4-11-17-12(15-3)8(2)13(18-11)16-6-10-5-9(14)7-19-10/h5,7H,4,6H2,1-3H3,(H2,15,16,17,18). The molecule has 4 nitrogen and oxygen atoms in total. The van der Waals surface area contributed by atoms with Crippen molar-refractivity contribution in [1.82, 2.24) is 9.97 Å². The average molecular weight is 341 g/mol. The Balaban J connectivity index is 2.19. The van der Waals surface area contributed by atoms with Crippen molar-refractivity contribution < 1.29 is 0 Å². The van der Waals surface area contributed by atoms with E-state index in [1.807, 2.05) is 14.0 Å². The van der Waals surface area contributed by atoms with Crippen LogP contribution in [-0.2, 0) is 13.0 Å². The normalized spacial score (nSPS) is 10.5. The molecule has 6 heteroatoms. The van der Waals surface area contributed by atoms with E-state index in [2.05, 4.69) is 54.9 Å². The number of rotatable bonds is 5. The Morgan fingerprint density at radius 1 is 1.32 bits per heavy atom. The van der Waals surface area contributed by atoms with Crippen LogP contribution in [-0.4, -0.2) is 17.0 Å². The van der Waals surface area contributed by atoms with Crippen LogP contribution in [0.15, 0.2) is 15.9 Å². The molecule has 0 bridgehead atoms. The highest BCUT2D eigenvalue weighted by Crippen LogP contribution is 2.23. The van der Waals surface area contributed by atoms with Gasteiger partial charge in [-0.3, -0.25) is 0 Å². The molecule has 0 aliphatic rings. The second-order valence-electron chi connectivity index (χ2n) is 4.15. The highest BCUT2D eigenvalue weighted by atomic mass is 79.9. The van der Waals surface area contributed by atoms with Gasteiger partial charge in [-0.25, -0.2) is 9.97 Å². The van der Waals surface area contributed by atoms with E-state index < -0.39 is 0 Å². The van der Waals surface area contributed by atoms with Gasteiger partial charge in [0.05, 0.1) is 6.54 Å². The number of aromatic nitrogens is 2. The third-order valence-corrected chi connectivity index (χ3v) is 4.49. The molecule has 0 radical (unpaired) electrons. The summed E-state index contributed by atoms with van der Waals surface area (Å²) in [5.41, 5.74) is 1.05. The third-order valence-electron chi connectivity index (χ3n) is 2.80. The first-order chi connectivity index (χ1) is 9.13. The molecule has 0 saturated carbocycles. The largest absolute Gasteiger partial charge is 0.373 e. The Labute approximate surface area is 125 Å². The fraction of sp³-hybridized carbons (Fsp3) is 0.385. The zero-order chi connectivity index (χ0) is 13.8. The van der Waals surface area contributed by atoms with Crippen LogP contribution in [0.4, 0.5) is 11.6 Å². The van der Waals surface area contributed by atoms with E-state index in [0.29, 0.717) is 0 Å². The molecule has 2 heterocycles. The molecule has 0 atom stereocenters. The van der Waals surface area contributed by atoms with E-state index in [-0.39, 0.29) is 0 Å². The molecule has 0 unspecified atom stereocenters. The van der Waals surface area contributed by atoms with Crippen molar-refractivity contribution in [3.63, 3.8) is 0 Å². The molecule has 102 valence electrons. The zero-order valence-corrected chi connectivity index (χ0v) is 13.7. The third kappa shape index (κ3) is 3.45. The van der Waals surface area contributed by atoms with Crippen molar-refractivity contribution in [2.24, 2.45) is 0 Å². The summed E-state index contributed by atoms with van der Waals surface area (Å²) in [6, 6.07) is 2.12. The number of nitrogens with one attached hydrogen (secondary N) is 2. The summed E-state index contributed by atoms with van der Waals surface area (Å²) < 4.78 is 1.12. The van der Waals surface area contributed by atoms with E-state index in [9.17, 15) is 0 Å². The molecule has 0 fully saturated rings. The lowest BCUT2D eigenvalue weighted by Crippen LogP contribution is -2.09. The average Bonchev–Trinajstić information content (AvgIpc) is 2.83. The maximum absolute atomic E-state index is 4.55. The van der Waals surface area contributed by atoms with Crippen LogP contribution in [0.3, 0.4) is 0 Å². The lowest BCUT2D eigenvalue weighted by molar-refractivity contribution is 0.926. The van der Waals surface area contributed by atoms with Gasteiger partial charge in [-0.1, -0.05) is 6.92 Å². The van der Waals surface area contributed by atoms with Crippen molar-refractivity contribution in [2.75, 3.05) is 17.7 Å². The lowest BCUT2D eigenvalue weighted by Gasteiger charge is -2.12. The number of halogens is 1. The van der Waals surface area contributed by atoms with Gasteiger partial charge in [0.15, 0.2) is 0 Å². The molecule has 2 aromatic heterocycles. The number of hydrogen-bond donors (Lipinski definition) is 2. The molecule has 0 spiro atoms. The molecular formula is C13H17BrN4S. The predicted octanol–water partition coefficient (Wildman–Crippen LogP) is 3.83. The molecule has 0 aromatic carbocycles. The van der Waals surface area contributed by atoms with E-state index in [0.717, 1.165) is 40.5 Å². The van der Waals surface area contributed by atoms with Crippen LogP contribution in [0, 0.1) is 6.92 Å². The monoisotopic (exact) mass is 340 g/mol. The van der Waals surface area contributed by atoms with E-state index in [4.69, 9.17) is 0 Å². The van der Waals surface area contributed by atoms with E-state index in [1.165, 1.54) is 4.88 Å². The van der Waals surface area contributed by atoms with Gasteiger partial charge in [-0.05, 0) is 28.9 Å². The van der Waals surface area contributed by atoms with Gasteiger partial charge in [0.25, 0.3) is 0 Å². The van der Waals surface area contributed by atoms with E-state index >= 15 is 0 Å². The minimum Gasteiger partial charge on any atom is -0.373 e. The Hall–Kier alpha value is -1.14. The lowest BCUT2D eigenvalue weighted by atomic mass is 10.3. The van der Waals surface area contributed by atoms with Crippen LogP contribution in [0.5, 0.6) is 0 Å². The second kappa shape index (κ2) is 6.34. The van der Waals surface area contributed by atoms with Crippen molar-refractivity contribution in [3.05, 3.63) is 32.2 Å². The second-order valence-corrected chi connectivity index (χ2v) is 6.06. The molecule has 19 heavy (non-hydrogen) atoms. The Morgan fingerprint density at radius 2 is 2.05 bits per heavy atom. The zero-order valence-electron chi connectivity index (χ0n) is 11.2. The number of thiophene rings is 1. The van der Waals surface area contributed by atoms with Crippen LogP contribution in [0.2, 0.25) is 0 Å². The predicted molar refractivity (Wildman–Crippen MR) is 85.0 cm³/mol. The van der Waals surface area contributed by atoms with Crippen molar-refractivity contribution in [2.45, 2.75) is 26.8 Å². The summed E-state index contributed by atoms with van der Waals surface area (Å²) in [7, 11) is 1.88. The smallest absolute Gasteiger partial charge is 0.135 e. The summed E-state index contributed by atoms with van der Waals surface area (Å²) in [5.74, 6) is 2.65. The highest BCUT2D eigenvalue weighted by Gasteiger charge is 2.09. The Morgan fingerprint density at radius 3 is 2.63 bits per heavy atom. The summed E-state index contributed by atoms with van der Waals surface area (Å²) in [5, 5.41) is 8.59. The fourth-order valence-electron chi connectivity index (χ4n) is 1.75. The number of nitrogens with zero attached hydrogens (tertiary/aromatic N) is 2. The van der Waals surface area contributed by atoms with Gasteiger partial charge < -0.3 is 10.6 Å². The first-order valence-electron chi connectivity index (χ1n) is 6.16. The van der Waals surface area contributed by atoms with Crippen LogP contribution in [0.1, 0.15) is 23.2 Å². The van der Waals surface area contributed by atoms with E-state index in [1.54, 1.807) is 11.3 Å². The van der Waals surface area contributed by atoms with Gasteiger partial charge in [0, 0.05) is 33.8 Å². The van der Waals surface area contributed by atoms with Gasteiger partial charge in [-0.2, -0.15) is 0 Å². The quantitative estimate of drug-likeness (QED) is 0.868. The molecule has 2 aromatic rings. The van der Waals surface area contributed by atoms with Gasteiger partial charge in [-0.15, -0.1) is 11.3 Å². The van der Waals surface area contributed by atoms with Crippen molar-refractivity contribution >= 4 is 38.9 Å². The first kappa shape index (κ1) is 14.3. The molecule has 0 aliphatic carbocycles. The first-order valence-corrected chi connectivity index (χ1v) is 7.83. The minimum atomic E-state index is 0.778. The maximum atomic E-state index is 4.55. The summed E-state index contributed by atoms with van der Waals surface area (Å²) >= 11 is 5.19. The Bertz CT molecular complexity index is 568. The number of aryl methyl sites for hydroxylation is 1. The van der Waals surface area contributed by atoms with Gasteiger partial charge in [0.2, 0.25) is 0 Å². The van der Waals surface area contributed by atoms with Gasteiger partial charge in [0.1, 0.15) is 17.5 Å². The number of anilines is 2. The molecular weight excluding hydrogens is 324 g/mol. The highest BCUT2D eigenvalue weighted by molar-refractivity contribution is 9.10. The Kier molecular flexibility index (Phi) is 4.76. The molecule has 2 N–H and O–H groups in total. The summed E-state index contributed by atoms with van der Waals surface area (Å²) in [6.45, 7) is 4.86. The molecule has 0 saturated heterocycles. The van der Waals surface area contributed by atoms with Gasteiger partial charge >= 0.3 is 0 Å². The van der Waals surface area contributed by atoms with Crippen molar-refractivity contribution in [1.29, 1.82) is 0 Å².